The molecule has 1 aromatic heterocycles. The van der Waals surface area contributed by atoms with Gasteiger partial charge in [0.15, 0.2) is 0 Å². The van der Waals surface area contributed by atoms with E-state index in [9.17, 15) is 0 Å². The molecule has 1 aliphatic rings. The number of aromatic nitrogens is 1. The van der Waals surface area contributed by atoms with Crippen molar-refractivity contribution in [3.8, 4) is 0 Å². The number of halogens is 1. The summed E-state index contributed by atoms with van der Waals surface area (Å²) in [6.45, 7) is 4.57. The maximum atomic E-state index is 5.93. The molecular formula is C12H17ClN2. The lowest BCUT2D eigenvalue weighted by molar-refractivity contribution is 0.569. The predicted molar refractivity (Wildman–Crippen MR) is 64.4 cm³/mol. The van der Waals surface area contributed by atoms with Gasteiger partial charge in [0.25, 0.3) is 0 Å². The Morgan fingerprint density at radius 3 is 3.13 bits per heavy atom. The van der Waals surface area contributed by atoms with Gasteiger partial charge >= 0.3 is 0 Å². The summed E-state index contributed by atoms with van der Waals surface area (Å²) in [4.78, 5) is 6.60. The van der Waals surface area contributed by atoms with Crippen LogP contribution in [-0.2, 0) is 5.88 Å². The zero-order chi connectivity index (χ0) is 10.7. The molecule has 0 aliphatic carbocycles. The van der Waals surface area contributed by atoms with Crippen molar-refractivity contribution in [2.24, 2.45) is 5.92 Å². The van der Waals surface area contributed by atoms with Crippen LogP contribution in [0.1, 0.15) is 25.3 Å². The molecular weight excluding hydrogens is 208 g/mol. The van der Waals surface area contributed by atoms with Gasteiger partial charge in [0, 0.05) is 25.2 Å². The zero-order valence-electron chi connectivity index (χ0n) is 9.12. The Morgan fingerprint density at radius 1 is 1.60 bits per heavy atom. The highest BCUT2D eigenvalue weighted by Gasteiger charge is 2.22. The van der Waals surface area contributed by atoms with E-state index in [-0.39, 0.29) is 0 Å². The van der Waals surface area contributed by atoms with Crippen molar-refractivity contribution in [1.82, 2.24) is 4.98 Å². The first-order chi connectivity index (χ1) is 7.35. The van der Waals surface area contributed by atoms with Crippen LogP contribution in [0.15, 0.2) is 18.5 Å². The first kappa shape index (κ1) is 10.7. The maximum Gasteiger partial charge on any atom is 0.0597 e. The molecule has 0 spiro atoms. The molecule has 82 valence electrons. The van der Waals surface area contributed by atoms with Crippen molar-refractivity contribution < 1.29 is 0 Å². The second-order valence-electron chi connectivity index (χ2n) is 4.15. The maximum absolute atomic E-state index is 5.93. The van der Waals surface area contributed by atoms with Crippen LogP contribution < -0.4 is 4.90 Å². The van der Waals surface area contributed by atoms with E-state index >= 15 is 0 Å². The number of alkyl halides is 1. The van der Waals surface area contributed by atoms with Crippen molar-refractivity contribution in [3.05, 3.63) is 24.0 Å². The van der Waals surface area contributed by atoms with Gasteiger partial charge in [-0.3, -0.25) is 4.98 Å². The molecule has 2 rings (SSSR count). The Bertz CT molecular complexity index is 327. The molecule has 0 radical (unpaired) electrons. The third-order valence-electron chi connectivity index (χ3n) is 3.24. The summed E-state index contributed by atoms with van der Waals surface area (Å²) in [5, 5.41) is 0. The summed E-state index contributed by atoms with van der Waals surface area (Å²) in [5.41, 5.74) is 2.42. The molecule has 0 amide bonds. The molecule has 1 aliphatic heterocycles. The van der Waals surface area contributed by atoms with Crippen LogP contribution in [-0.4, -0.2) is 18.1 Å². The topological polar surface area (TPSA) is 16.1 Å². The molecule has 1 atom stereocenters. The third-order valence-corrected chi connectivity index (χ3v) is 3.52. The highest BCUT2D eigenvalue weighted by molar-refractivity contribution is 6.17. The molecule has 15 heavy (non-hydrogen) atoms. The van der Waals surface area contributed by atoms with E-state index in [2.05, 4.69) is 16.8 Å². The average Bonchev–Trinajstić information content (AvgIpc) is 2.77. The summed E-state index contributed by atoms with van der Waals surface area (Å²) in [6.07, 6.45) is 6.32. The Labute approximate surface area is 96.3 Å². The van der Waals surface area contributed by atoms with Crippen LogP contribution >= 0.6 is 11.6 Å². The molecule has 2 heterocycles. The second-order valence-corrected chi connectivity index (χ2v) is 4.41. The SMILES string of the molecule is CCC1CCN(c2cnccc2CCl)C1. The summed E-state index contributed by atoms with van der Waals surface area (Å²) in [7, 11) is 0. The third kappa shape index (κ3) is 2.25. The number of pyridine rings is 1. The van der Waals surface area contributed by atoms with Crippen molar-refractivity contribution in [3.63, 3.8) is 0 Å². The molecule has 0 saturated carbocycles. The molecule has 3 heteroatoms. The molecule has 0 bridgehead atoms. The van der Waals surface area contributed by atoms with Gasteiger partial charge in [-0.05, 0) is 24.0 Å². The zero-order valence-corrected chi connectivity index (χ0v) is 9.87. The molecule has 1 unspecified atom stereocenters. The minimum atomic E-state index is 0.575. The van der Waals surface area contributed by atoms with E-state index in [1.165, 1.54) is 24.1 Å². The Balaban J connectivity index is 2.16. The number of rotatable bonds is 3. The molecule has 2 nitrogen and oxygen atoms in total. The fourth-order valence-corrected chi connectivity index (χ4v) is 2.42. The number of hydrogen-bond acceptors (Lipinski definition) is 2. The lowest BCUT2D eigenvalue weighted by atomic mass is 10.1. The van der Waals surface area contributed by atoms with Crippen LogP contribution in [0.3, 0.4) is 0 Å². The number of nitrogens with zero attached hydrogens (tertiary/aromatic N) is 2. The second kappa shape index (κ2) is 4.84. The standard InChI is InChI=1S/C12H17ClN2/c1-2-10-4-6-15(9-10)12-8-14-5-3-11(12)7-13/h3,5,8,10H,2,4,6-7,9H2,1H3. The molecule has 1 saturated heterocycles. The first-order valence-corrected chi connectivity index (χ1v) is 6.12. The molecule has 1 aromatic rings. The van der Waals surface area contributed by atoms with E-state index in [1.807, 2.05) is 18.5 Å². The van der Waals surface area contributed by atoms with Crippen molar-refractivity contribution in [2.75, 3.05) is 18.0 Å². The van der Waals surface area contributed by atoms with Gasteiger partial charge in [0.05, 0.1) is 11.9 Å². The summed E-state index contributed by atoms with van der Waals surface area (Å²) < 4.78 is 0. The van der Waals surface area contributed by atoms with E-state index in [1.54, 1.807) is 0 Å². The van der Waals surface area contributed by atoms with Crippen molar-refractivity contribution in [2.45, 2.75) is 25.6 Å². The lowest BCUT2D eigenvalue weighted by Gasteiger charge is -2.20. The van der Waals surface area contributed by atoms with Crippen LogP contribution in [0.2, 0.25) is 0 Å². The van der Waals surface area contributed by atoms with Gasteiger partial charge in [-0.1, -0.05) is 13.3 Å². The number of anilines is 1. The monoisotopic (exact) mass is 224 g/mol. The summed E-state index contributed by atoms with van der Waals surface area (Å²) in [6, 6.07) is 2.02. The summed E-state index contributed by atoms with van der Waals surface area (Å²) in [5.74, 6) is 1.42. The van der Waals surface area contributed by atoms with Crippen LogP contribution in [0, 0.1) is 5.92 Å². The Kier molecular flexibility index (Phi) is 3.47. The largest absolute Gasteiger partial charge is 0.370 e. The molecule has 0 aromatic carbocycles. The van der Waals surface area contributed by atoms with Gasteiger partial charge in [-0.2, -0.15) is 0 Å². The molecule has 1 fully saturated rings. The van der Waals surface area contributed by atoms with Crippen molar-refractivity contribution >= 4 is 17.3 Å². The Morgan fingerprint density at radius 2 is 2.47 bits per heavy atom. The fourth-order valence-electron chi connectivity index (χ4n) is 2.20. The van der Waals surface area contributed by atoms with Gasteiger partial charge in [0.1, 0.15) is 0 Å². The van der Waals surface area contributed by atoms with E-state index in [0.29, 0.717) is 5.88 Å². The van der Waals surface area contributed by atoms with Crippen LogP contribution in [0.5, 0.6) is 0 Å². The summed E-state index contributed by atoms with van der Waals surface area (Å²) >= 11 is 5.93. The minimum Gasteiger partial charge on any atom is -0.370 e. The lowest BCUT2D eigenvalue weighted by Crippen LogP contribution is -2.20. The van der Waals surface area contributed by atoms with Gasteiger partial charge in [0.2, 0.25) is 0 Å². The highest BCUT2D eigenvalue weighted by Crippen LogP contribution is 2.28. The average molecular weight is 225 g/mol. The van der Waals surface area contributed by atoms with Crippen molar-refractivity contribution in [1.29, 1.82) is 0 Å². The quantitative estimate of drug-likeness (QED) is 0.734. The minimum absolute atomic E-state index is 0.575. The van der Waals surface area contributed by atoms with E-state index in [0.717, 1.165) is 19.0 Å². The number of hydrogen-bond donors (Lipinski definition) is 0. The van der Waals surface area contributed by atoms with E-state index in [4.69, 9.17) is 11.6 Å². The predicted octanol–water partition coefficient (Wildman–Crippen LogP) is 3.06. The normalized spacial score (nSPS) is 20.9. The Hall–Kier alpha value is -0.760. The first-order valence-electron chi connectivity index (χ1n) is 5.59. The van der Waals surface area contributed by atoms with Crippen LogP contribution in [0.25, 0.3) is 0 Å². The smallest absolute Gasteiger partial charge is 0.0597 e. The van der Waals surface area contributed by atoms with Crippen LogP contribution in [0.4, 0.5) is 5.69 Å². The highest BCUT2D eigenvalue weighted by atomic mass is 35.5. The fraction of sp³-hybridized carbons (Fsp3) is 0.583. The van der Waals surface area contributed by atoms with E-state index < -0.39 is 0 Å². The van der Waals surface area contributed by atoms with Gasteiger partial charge < -0.3 is 4.90 Å². The van der Waals surface area contributed by atoms with Gasteiger partial charge in [-0.25, -0.2) is 0 Å². The van der Waals surface area contributed by atoms with Gasteiger partial charge in [-0.15, -0.1) is 11.6 Å². The molecule has 0 N–H and O–H groups in total.